The highest BCUT2D eigenvalue weighted by molar-refractivity contribution is 6.35. The predicted octanol–water partition coefficient (Wildman–Crippen LogP) is 5.64. The highest BCUT2D eigenvalue weighted by atomic mass is 35.5. The van der Waals surface area contributed by atoms with Gasteiger partial charge in [0.1, 0.15) is 6.61 Å². The predicted molar refractivity (Wildman–Crippen MR) is 147 cm³/mol. The molecule has 2 amide bonds. The van der Waals surface area contributed by atoms with Gasteiger partial charge in [-0.05, 0) is 54.3 Å². The first-order valence-electron chi connectivity index (χ1n) is 12.3. The van der Waals surface area contributed by atoms with Gasteiger partial charge in [-0.15, -0.1) is 12.4 Å². The summed E-state index contributed by atoms with van der Waals surface area (Å²) in [6, 6.07) is 16.3. The van der Waals surface area contributed by atoms with Crippen LogP contribution in [0.15, 0.2) is 66.9 Å². The van der Waals surface area contributed by atoms with Crippen LogP contribution < -0.4 is 5.48 Å². The maximum atomic E-state index is 14.0. The van der Waals surface area contributed by atoms with Gasteiger partial charge in [0.15, 0.2) is 0 Å². The smallest absolute Gasteiger partial charge is 0.255 e. The van der Waals surface area contributed by atoms with Gasteiger partial charge in [0.2, 0.25) is 0 Å². The molecule has 1 fully saturated rings. The molecule has 1 aromatic heterocycles. The highest BCUT2D eigenvalue weighted by Gasteiger charge is 2.49. The Balaban J connectivity index is 0.00000336. The molecule has 1 saturated carbocycles. The van der Waals surface area contributed by atoms with Crippen molar-refractivity contribution < 1.29 is 19.5 Å². The summed E-state index contributed by atoms with van der Waals surface area (Å²) in [5.41, 5.74) is 4.81. The minimum Gasteiger partial charge on any atom is -0.391 e. The van der Waals surface area contributed by atoms with Crippen LogP contribution in [0.4, 0.5) is 0 Å². The number of benzene rings is 2. The number of nitrogens with zero attached hydrogens (tertiary/aromatic N) is 2. The van der Waals surface area contributed by atoms with E-state index in [-0.39, 0.29) is 24.9 Å². The minimum absolute atomic E-state index is 0. The van der Waals surface area contributed by atoms with E-state index in [1.807, 2.05) is 6.07 Å². The topological polar surface area (TPSA) is 91.8 Å². The van der Waals surface area contributed by atoms with Gasteiger partial charge >= 0.3 is 0 Å². The Kier molecular flexibility index (Phi) is 9.28. The molecule has 0 bridgehead atoms. The molecule has 5 rings (SSSR count). The standard InChI is InChI=1S/C28H27Cl2N3O4.ClH/c29-17-12-13-21(22(30)15-17)26-25(27(35)32-37-16-18-7-5-6-14-31-18)19-8-1-2-9-20(19)28(36)33(26)23-10-3-4-11-24(23)34;/h1-2,5-9,12-15,23-26,34H,3-4,10-11,16H2,(H,32,35);1H/t23-,24-,25+,26-;/m0./s1. The second-order valence-electron chi connectivity index (χ2n) is 9.38. The van der Waals surface area contributed by atoms with E-state index in [4.69, 9.17) is 28.0 Å². The van der Waals surface area contributed by atoms with Gasteiger partial charge in [0.05, 0.1) is 29.8 Å². The molecule has 10 heteroatoms. The summed E-state index contributed by atoms with van der Waals surface area (Å²) in [5.74, 6) is -1.51. The molecule has 2 heterocycles. The Morgan fingerprint density at radius 1 is 1.05 bits per heavy atom. The monoisotopic (exact) mass is 575 g/mol. The van der Waals surface area contributed by atoms with E-state index in [2.05, 4.69) is 10.5 Å². The zero-order valence-corrected chi connectivity index (χ0v) is 22.8. The molecule has 2 aliphatic rings. The maximum Gasteiger partial charge on any atom is 0.255 e. The number of pyridine rings is 1. The Morgan fingerprint density at radius 2 is 1.82 bits per heavy atom. The van der Waals surface area contributed by atoms with Crippen molar-refractivity contribution in [1.29, 1.82) is 0 Å². The molecule has 200 valence electrons. The Morgan fingerprint density at radius 3 is 2.55 bits per heavy atom. The van der Waals surface area contributed by atoms with Gasteiger partial charge in [-0.25, -0.2) is 5.48 Å². The van der Waals surface area contributed by atoms with Crippen molar-refractivity contribution in [3.63, 3.8) is 0 Å². The summed E-state index contributed by atoms with van der Waals surface area (Å²) < 4.78 is 0. The Hall–Kier alpha value is -2.68. The van der Waals surface area contributed by atoms with Crippen LogP contribution in [0.25, 0.3) is 0 Å². The molecule has 0 unspecified atom stereocenters. The summed E-state index contributed by atoms with van der Waals surface area (Å²) in [4.78, 5) is 39.2. The van der Waals surface area contributed by atoms with Crippen molar-refractivity contribution in [2.75, 3.05) is 0 Å². The fourth-order valence-electron chi connectivity index (χ4n) is 5.42. The first-order chi connectivity index (χ1) is 18.0. The summed E-state index contributed by atoms with van der Waals surface area (Å²) in [5, 5.41) is 11.8. The van der Waals surface area contributed by atoms with Crippen molar-refractivity contribution in [2.45, 2.75) is 56.4 Å². The van der Waals surface area contributed by atoms with Gasteiger partial charge in [-0.3, -0.25) is 19.4 Å². The van der Waals surface area contributed by atoms with Crippen LogP contribution in [0.1, 0.15) is 64.8 Å². The molecule has 4 atom stereocenters. The SMILES string of the molecule is Cl.O=C(NOCc1ccccn1)[C@@H]1c2ccccc2C(=O)N([C@H]2CCCC[C@@H]2O)[C@H]1c1ccc(Cl)cc1Cl. The van der Waals surface area contributed by atoms with E-state index in [0.29, 0.717) is 45.3 Å². The molecule has 0 radical (unpaired) electrons. The van der Waals surface area contributed by atoms with Gasteiger partial charge in [-0.2, -0.15) is 0 Å². The average molecular weight is 577 g/mol. The number of aliphatic hydroxyl groups excluding tert-OH is 1. The van der Waals surface area contributed by atoms with Gasteiger partial charge in [0, 0.05) is 21.8 Å². The molecular formula is C28H28Cl3N3O4. The number of amides is 2. The fraction of sp³-hybridized carbons (Fsp3) is 0.321. The lowest BCUT2D eigenvalue weighted by atomic mass is 9.77. The molecule has 1 aliphatic carbocycles. The van der Waals surface area contributed by atoms with Crippen molar-refractivity contribution in [1.82, 2.24) is 15.4 Å². The number of hydrogen-bond acceptors (Lipinski definition) is 5. The Labute approximate surface area is 237 Å². The number of aliphatic hydroxyl groups is 1. The van der Waals surface area contributed by atoms with Crippen LogP contribution in [0.5, 0.6) is 0 Å². The van der Waals surface area contributed by atoms with Crippen LogP contribution in [-0.4, -0.2) is 39.0 Å². The minimum atomic E-state index is -0.842. The third-order valence-electron chi connectivity index (χ3n) is 7.11. The number of rotatable bonds is 6. The van der Waals surface area contributed by atoms with Crippen molar-refractivity contribution in [3.8, 4) is 0 Å². The number of carbonyl (C=O) groups excluding carboxylic acids is 2. The van der Waals surface area contributed by atoms with Crippen LogP contribution in [0, 0.1) is 0 Å². The number of aromatic nitrogens is 1. The largest absolute Gasteiger partial charge is 0.391 e. The van der Waals surface area contributed by atoms with Gasteiger partial charge < -0.3 is 10.0 Å². The van der Waals surface area contributed by atoms with Gasteiger partial charge in [0.25, 0.3) is 11.8 Å². The molecule has 2 N–H and O–H groups in total. The van der Waals surface area contributed by atoms with Crippen LogP contribution >= 0.6 is 35.6 Å². The van der Waals surface area contributed by atoms with Crippen molar-refractivity contribution >= 4 is 47.4 Å². The maximum absolute atomic E-state index is 14.0. The van der Waals surface area contributed by atoms with Crippen molar-refractivity contribution in [2.24, 2.45) is 0 Å². The highest BCUT2D eigenvalue weighted by Crippen LogP contribution is 2.47. The number of hydroxylamine groups is 1. The summed E-state index contributed by atoms with van der Waals surface area (Å²) >= 11 is 12.9. The quantitative estimate of drug-likeness (QED) is 0.371. The first-order valence-corrected chi connectivity index (χ1v) is 13.1. The lowest BCUT2D eigenvalue weighted by Crippen LogP contribution is -2.55. The number of hydrogen-bond donors (Lipinski definition) is 2. The second-order valence-corrected chi connectivity index (χ2v) is 10.2. The van der Waals surface area contributed by atoms with Crippen molar-refractivity contribution in [3.05, 3.63) is 99.3 Å². The van der Waals surface area contributed by atoms with Crippen LogP contribution in [-0.2, 0) is 16.2 Å². The molecular weight excluding hydrogens is 549 g/mol. The molecule has 7 nitrogen and oxygen atoms in total. The average Bonchev–Trinajstić information content (AvgIpc) is 2.90. The normalized spacial score (nSPS) is 22.8. The number of halogens is 3. The first kappa shape index (κ1) is 28.3. The van der Waals surface area contributed by atoms with E-state index >= 15 is 0 Å². The summed E-state index contributed by atoms with van der Waals surface area (Å²) in [6.45, 7) is 0.0807. The number of carbonyl (C=O) groups is 2. The Bertz CT molecular complexity index is 1290. The number of nitrogens with one attached hydrogen (secondary N) is 1. The lowest BCUT2D eigenvalue weighted by molar-refractivity contribution is -0.138. The third kappa shape index (κ3) is 5.67. The van der Waals surface area contributed by atoms with E-state index in [9.17, 15) is 14.7 Å². The molecule has 1 aliphatic heterocycles. The molecule has 2 aromatic carbocycles. The summed E-state index contributed by atoms with van der Waals surface area (Å²) in [7, 11) is 0. The molecule has 0 saturated heterocycles. The van der Waals surface area contributed by atoms with E-state index < -0.39 is 30.0 Å². The van der Waals surface area contributed by atoms with E-state index in [0.717, 1.165) is 12.8 Å². The zero-order chi connectivity index (χ0) is 25.9. The lowest BCUT2D eigenvalue weighted by Gasteiger charge is -2.48. The van der Waals surface area contributed by atoms with E-state index in [1.54, 1.807) is 65.7 Å². The third-order valence-corrected chi connectivity index (χ3v) is 7.67. The van der Waals surface area contributed by atoms with Gasteiger partial charge in [-0.1, -0.05) is 66.4 Å². The molecule has 3 aromatic rings. The second kappa shape index (κ2) is 12.5. The zero-order valence-electron chi connectivity index (χ0n) is 20.4. The number of fused-ring (bicyclic) bond motifs is 1. The molecule has 0 spiro atoms. The van der Waals surface area contributed by atoms with Crippen LogP contribution in [0.2, 0.25) is 10.0 Å². The molecule has 38 heavy (non-hydrogen) atoms. The fourth-order valence-corrected chi connectivity index (χ4v) is 5.94. The van der Waals surface area contributed by atoms with E-state index in [1.165, 1.54) is 0 Å². The summed E-state index contributed by atoms with van der Waals surface area (Å²) in [6.07, 6.45) is 3.91. The van der Waals surface area contributed by atoms with Crippen LogP contribution in [0.3, 0.4) is 0 Å².